The Balaban J connectivity index is 2.33. The fraction of sp³-hybridized carbons (Fsp3) is 0.375. The predicted molar refractivity (Wildman–Crippen MR) is 84.2 cm³/mol. The van der Waals surface area contributed by atoms with Crippen LogP contribution in [-0.2, 0) is 6.54 Å². The molecule has 104 valence electrons. The van der Waals surface area contributed by atoms with Crippen LogP contribution >= 0.6 is 11.6 Å². The second-order valence-electron chi connectivity index (χ2n) is 5.10. The van der Waals surface area contributed by atoms with Crippen molar-refractivity contribution in [2.24, 2.45) is 0 Å². The maximum atomic E-state index is 6.31. The first kappa shape index (κ1) is 13.4. The molecule has 3 nitrogen and oxygen atoms in total. The van der Waals surface area contributed by atoms with E-state index in [0.29, 0.717) is 0 Å². The molecule has 3 aromatic rings. The maximum Gasteiger partial charge on any atom is 0.127 e. The van der Waals surface area contributed by atoms with Crippen LogP contribution in [0.2, 0.25) is 0 Å². The average Bonchev–Trinajstić information content (AvgIpc) is 2.84. The van der Waals surface area contributed by atoms with Crippen molar-refractivity contribution < 1.29 is 0 Å². The molecule has 0 bridgehead atoms. The number of unbranched alkanes of at least 4 members (excludes halogenated alkanes) is 1. The van der Waals surface area contributed by atoms with Gasteiger partial charge in [0.05, 0.1) is 22.6 Å². The van der Waals surface area contributed by atoms with Gasteiger partial charge in [0, 0.05) is 11.9 Å². The first-order valence-corrected chi connectivity index (χ1v) is 7.54. The van der Waals surface area contributed by atoms with Crippen LogP contribution in [0.25, 0.3) is 21.9 Å². The van der Waals surface area contributed by atoms with Crippen LogP contribution in [0.4, 0.5) is 0 Å². The van der Waals surface area contributed by atoms with Crippen molar-refractivity contribution in [2.45, 2.75) is 38.6 Å². The molecule has 0 saturated carbocycles. The molecule has 0 radical (unpaired) electrons. The summed E-state index contributed by atoms with van der Waals surface area (Å²) in [6.45, 7) is 5.12. The molecule has 0 aliphatic rings. The minimum Gasteiger partial charge on any atom is -0.326 e. The van der Waals surface area contributed by atoms with E-state index in [-0.39, 0.29) is 5.38 Å². The second kappa shape index (κ2) is 5.41. The average molecular weight is 288 g/mol. The Morgan fingerprint density at radius 2 is 2.05 bits per heavy atom. The molecule has 0 fully saturated rings. The number of aromatic nitrogens is 3. The second-order valence-corrected chi connectivity index (χ2v) is 5.76. The Morgan fingerprint density at radius 3 is 2.80 bits per heavy atom. The van der Waals surface area contributed by atoms with Gasteiger partial charge in [-0.05, 0) is 19.4 Å². The van der Waals surface area contributed by atoms with Crippen LogP contribution in [0.5, 0.6) is 0 Å². The molecule has 20 heavy (non-hydrogen) atoms. The number of alkyl halides is 1. The van der Waals surface area contributed by atoms with E-state index in [1.807, 2.05) is 31.3 Å². The quantitative estimate of drug-likeness (QED) is 0.652. The van der Waals surface area contributed by atoms with Gasteiger partial charge in [0.1, 0.15) is 11.3 Å². The van der Waals surface area contributed by atoms with E-state index in [1.54, 1.807) is 0 Å². The zero-order valence-corrected chi connectivity index (χ0v) is 12.6. The van der Waals surface area contributed by atoms with E-state index in [2.05, 4.69) is 27.5 Å². The van der Waals surface area contributed by atoms with Crippen LogP contribution in [0.15, 0.2) is 30.5 Å². The number of aryl methyl sites for hydroxylation is 1. The zero-order valence-electron chi connectivity index (χ0n) is 11.8. The zero-order chi connectivity index (χ0) is 14.1. The van der Waals surface area contributed by atoms with Crippen LogP contribution in [-0.4, -0.2) is 14.5 Å². The minimum absolute atomic E-state index is 0.0991. The number of rotatable bonds is 4. The molecular weight excluding hydrogens is 270 g/mol. The molecule has 0 saturated heterocycles. The van der Waals surface area contributed by atoms with Crippen molar-refractivity contribution in [3.05, 3.63) is 36.3 Å². The summed E-state index contributed by atoms with van der Waals surface area (Å²) in [5.41, 5.74) is 3.10. The van der Waals surface area contributed by atoms with Gasteiger partial charge in [0.15, 0.2) is 0 Å². The van der Waals surface area contributed by atoms with Gasteiger partial charge in [-0.25, -0.2) is 4.98 Å². The molecule has 1 aromatic carbocycles. The van der Waals surface area contributed by atoms with Crippen LogP contribution in [0.1, 0.15) is 37.9 Å². The number of halogens is 1. The van der Waals surface area contributed by atoms with E-state index in [9.17, 15) is 0 Å². The SMILES string of the molecule is CCCCn1c(C(C)Cl)nc2cnc3ccccc3c21. The first-order chi connectivity index (χ1) is 9.72. The van der Waals surface area contributed by atoms with Gasteiger partial charge in [0.25, 0.3) is 0 Å². The molecule has 0 N–H and O–H groups in total. The number of para-hydroxylation sites is 1. The van der Waals surface area contributed by atoms with Crippen LogP contribution in [0, 0.1) is 0 Å². The summed E-state index contributed by atoms with van der Waals surface area (Å²) < 4.78 is 2.26. The topological polar surface area (TPSA) is 30.7 Å². The third-order valence-corrected chi connectivity index (χ3v) is 3.80. The highest BCUT2D eigenvalue weighted by Crippen LogP contribution is 2.29. The summed E-state index contributed by atoms with van der Waals surface area (Å²) in [7, 11) is 0. The Morgan fingerprint density at radius 1 is 1.25 bits per heavy atom. The van der Waals surface area contributed by atoms with E-state index in [1.165, 1.54) is 0 Å². The van der Waals surface area contributed by atoms with Crippen molar-refractivity contribution >= 4 is 33.5 Å². The standard InChI is InChI=1S/C16H18ClN3/c1-3-4-9-20-15-12-7-5-6-8-13(12)18-10-14(15)19-16(20)11(2)17/h5-8,10-11H,3-4,9H2,1-2H3. The highest BCUT2D eigenvalue weighted by Gasteiger charge is 2.16. The molecule has 3 rings (SSSR count). The Labute approximate surface area is 123 Å². The van der Waals surface area contributed by atoms with Crippen LogP contribution < -0.4 is 0 Å². The van der Waals surface area contributed by atoms with Gasteiger partial charge >= 0.3 is 0 Å². The largest absolute Gasteiger partial charge is 0.326 e. The summed E-state index contributed by atoms with van der Waals surface area (Å²) in [4.78, 5) is 9.17. The van der Waals surface area contributed by atoms with E-state index < -0.39 is 0 Å². The minimum atomic E-state index is -0.0991. The fourth-order valence-electron chi connectivity index (χ4n) is 2.63. The number of nitrogens with zero attached hydrogens (tertiary/aromatic N) is 3. The van der Waals surface area contributed by atoms with Gasteiger partial charge in [-0.1, -0.05) is 31.5 Å². The van der Waals surface area contributed by atoms with Gasteiger partial charge in [-0.2, -0.15) is 0 Å². The van der Waals surface area contributed by atoms with Crippen molar-refractivity contribution in [3.63, 3.8) is 0 Å². The summed E-state index contributed by atoms with van der Waals surface area (Å²) in [6, 6.07) is 8.20. The lowest BCUT2D eigenvalue weighted by Crippen LogP contribution is -2.04. The predicted octanol–water partition coefficient (Wildman–Crippen LogP) is 4.68. The summed E-state index contributed by atoms with van der Waals surface area (Å²) in [5.74, 6) is 0.938. The molecule has 0 aliphatic carbocycles. The van der Waals surface area contributed by atoms with Gasteiger partial charge < -0.3 is 4.57 Å². The maximum absolute atomic E-state index is 6.31. The van der Waals surface area contributed by atoms with Crippen molar-refractivity contribution in [2.75, 3.05) is 0 Å². The lowest BCUT2D eigenvalue weighted by atomic mass is 10.2. The Hall–Kier alpha value is -1.61. The van der Waals surface area contributed by atoms with Crippen molar-refractivity contribution in [3.8, 4) is 0 Å². The molecular formula is C16H18ClN3. The number of benzene rings is 1. The molecule has 4 heteroatoms. The normalized spacial score (nSPS) is 13.2. The highest BCUT2D eigenvalue weighted by molar-refractivity contribution is 6.20. The molecule has 0 spiro atoms. The summed E-state index contributed by atoms with van der Waals surface area (Å²) in [5, 5.41) is 1.05. The number of pyridine rings is 1. The highest BCUT2D eigenvalue weighted by atomic mass is 35.5. The van der Waals surface area contributed by atoms with Gasteiger partial charge in [-0.15, -0.1) is 11.6 Å². The molecule has 1 unspecified atom stereocenters. The third kappa shape index (κ3) is 2.16. The van der Waals surface area contributed by atoms with E-state index in [0.717, 1.165) is 47.1 Å². The first-order valence-electron chi connectivity index (χ1n) is 7.10. The van der Waals surface area contributed by atoms with E-state index >= 15 is 0 Å². The van der Waals surface area contributed by atoms with Crippen molar-refractivity contribution in [1.82, 2.24) is 14.5 Å². The number of hydrogen-bond acceptors (Lipinski definition) is 2. The van der Waals surface area contributed by atoms with Gasteiger partial charge in [0.2, 0.25) is 0 Å². The lowest BCUT2D eigenvalue weighted by molar-refractivity contribution is 0.617. The Bertz CT molecular complexity index is 746. The number of fused-ring (bicyclic) bond motifs is 3. The molecule has 2 aromatic heterocycles. The summed E-state index contributed by atoms with van der Waals surface area (Å²) >= 11 is 6.31. The molecule has 0 aliphatic heterocycles. The number of imidazole rings is 1. The lowest BCUT2D eigenvalue weighted by Gasteiger charge is -2.10. The Kier molecular flexibility index (Phi) is 3.62. The molecule has 2 heterocycles. The van der Waals surface area contributed by atoms with Crippen LogP contribution in [0.3, 0.4) is 0 Å². The monoisotopic (exact) mass is 287 g/mol. The number of hydrogen-bond donors (Lipinski definition) is 0. The third-order valence-electron chi connectivity index (χ3n) is 3.60. The fourth-order valence-corrected chi connectivity index (χ4v) is 2.79. The summed E-state index contributed by atoms with van der Waals surface area (Å²) in [6.07, 6.45) is 4.13. The van der Waals surface area contributed by atoms with E-state index in [4.69, 9.17) is 11.6 Å². The van der Waals surface area contributed by atoms with Crippen molar-refractivity contribution in [1.29, 1.82) is 0 Å². The smallest absolute Gasteiger partial charge is 0.127 e. The molecule has 0 amide bonds. The van der Waals surface area contributed by atoms with Gasteiger partial charge in [-0.3, -0.25) is 4.98 Å². The molecule has 1 atom stereocenters.